The van der Waals surface area contributed by atoms with E-state index >= 15 is 0 Å². The zero-order valence-electron chi connectivity index (χ0n) is 14.1. The standard InChI is InChI=1S/C18H26N2O3S/c1-14-12-20(9-10-24-13-14)18(23)19-16(7-8-17(21)22)11-15-5-3-2-4-6-15/h2-6,14,16H,7-13H2,1H3,(H,19,23)(H,21,22). The van der Waals surface area contributed by atoms with Crippen LogP contribution in [0.15, 0.2) is 30.3 Å². The molecule has 5 nitrogen and oxygen atoms in total. The van der Waals surface area contributed by atoms with E-state index in [1.165, 1.54) is 0 Å². The molecular weight excluding hydrogens is 324 g/mol. The van der Waals surface area contributed by atoms with E-state index in [0.29, 0.717) is 18.8 Å². The molecule has 0 aliphatic carbocycles. The molecule has 132 valence electrons. The lowest BCUT2D eigenvalue weighted by atomic mass is 10.0. The van der Waals surface area contributed by atoms with Gasteiger partial charge in [-0.1, -0.05) is 37.3 Å². The van der Waals surface area contributed by atoms with Crippen LogP contribution in [0.3, 0.4) is 0 Å². The third-order valence-corrected chi connectivity index (χ3v) is 5.36. The van der Waals surface area contributed by atoms with Crippen molar-refractivity contribution >= 4 is 23.8 Å². The first kappa shape index (κ1) is 18.6. The summed E-state index contributed by atoms with van der Waals surface area (Å²) < 4.78 is 0. The molecule has 0 spiro atoms. The summed E-state index contributed by atoms with van der Waals surface area (Å²) in [4.78, 5) is 25.4. The van der Waals surface area contributed by atoms with Crippen LogP contribution < -0.4 is 5.32 Å². The molecule has 1 aliphatic rings. The fourth-order valence-corrected chi connectivity index (χ4v) is 3.88. The van der Waals surface area contributed by atoms with Gasteiger partial charge in [0, 0.05) is 31.3 Å². The lowest BCUT2D eigenvalue weighted by molar-refractivity contribution is -0.137. The summed E-state index contributed by atoms with van der Waals surface area (Å²) >= 11 is 1.88. The van der Waals surface area contributed by atoms with Crippen molar-refractivity contribution in [3.8, 4) is 0 Å². The van der Waals surface area contributed by atoms with Crippen molar-refractivity contribution in [2.75, 3.05) is 24.6 Å². The number of carboxylic acid groups (broad SMARTS) is 1. The van der Waals surface area contributed by atoms with E-state index in [9.17, 15) is 9.59 Å². The molecule has 1 aromatic rings. The first-order valence-electron chi connectivity index (χ1n) is 8.43. The first-order chi connectivity index (χ1) is 11.5. The van der Waals surface area contributed by atoms with E-state index in [1.807, 2.05) is 47.0 Å². The fourth-order valence-electron chi connectivity index (χ4n) is 2.85. The zero-order chi connectivity index (χ0) is 17.4. The minimum absolute atomic E-state index is 0.0596. The van der Waals surface area contributed by atoms with E-state index < -0.39 is 5.97 Å². The average molecular weight is 350 g/mol. The molecule has 2 rings (SSSR count). The molecule has 0 aromatic heterocycles. The summed E-state index contributed by atoms with van der Waals surface area (Å²) in [5.41, 5.74) is 1.10. The number of rotatable bonds is 6. The Morgan fingerprint density at radius 2 is 2.12 bits per heavy atom. The topological polar surface area (TPSA) is 69.6 Å². The van der Waals surface area contributed by atoms with Crippen LogP contribution in [0.2, 0.25) is 0 Å². The van der Waals surface area contributed by atoms with Gasteiger partial charge in [-0.3, -0.25) is 4.79 Å². The number of hydrogen-bond acceptors (Lipinski definition) is 3. The molecule has 0 saturated carbocycles. The molecule has 1 fully saturated rings. The second-order valence-corrected chi connectivity index (χ2v) is 7.54. The molecule has 0 radical (unpaired) electrons. The molecule has 0 bridgehead atoms. The lowest BCUT2D eigenvalue weighted by Crippen LogP contribution is -2.47. The maximum atomic E-state index is 12.6. The number of nitrogens with one attached hydrogen (secondary N) is 1. The molecule has 1 aliphatic heterocycles. The highest BCUT2D eigenvalue weighted by atomic mass is 32.2. The van der Waals surface area contributed by atoms with E-state index in [1.54, 1.807) is 0 Å². The van der Waals surface area contributed by atoms with Crippen molar-refractivity contribution < 1.29 is 14.7 Å². The number of thioether (sulfide) groups is 1. The minimum Gasteiger partial charge on any atom is -0.481 e. The summed E-state index contributed by atoms with van der Waals surface area (Å²) in [6.45, 7) is 3.66. The number of nitrogens with zero attached hydrogens (tertiary/aromatic N) is 1. The van der Waals surface area contributed by atoms with Crippen LogP contribution in [-0.2, 0) is 11.2 Å². The molecule has 1 aromatic carbocycles. The van der Waals surface area contributed by atoms with Gasteiger partial charge in [-0.05, 0) is 30.1 Å². The highest BCUT2D eigenvalue weighted by molar-refractivity contribution is 7.99. The van der Waals surface area contributed by atoms with Crippen LogP contribution in [0.5, 0.6) is 0 Å². The SMILES string of the molecule is CC1CSCCN(C(=O)NC(CCC(=O)O)Cc2ccccc2)C1. The van der Waals surface area contributed by atoms with Crippen molar-refractivity contribution in [2.45, 2.75) is 32.2 Å². The third-order valence-electron chi connectivity index (χ3n) is 4.09. The Labute approximate surface area is 147 Å². The van der Waals surface area contributed by atoms with Gasteiger partial charge in [0.25, 0.3) is 0 Å². The molecule has 1 heterocycles. The number of amides is 2. The maximum Gasteiger partial charge on any atom is 0.317 e. The van der Waals surface area contributed by atoms with Gasteiger partial charge in [-0.15, -0.1) is 0 Å². The normalized spacial score (nSPS) is 19.4. The maximum absolute atomic E-state index is 12.6. The number of carbonyl (C=O) groups excluding carboxylic acids is 1. The Morgan fingerprint density at radius 1 is 1.38 bits per heavy atom. The van der Waals surface area contributed by atoms with Gasteiger partial charge in [0.05, 0.1) is 0 Å². The average Bonchev–Trinajstić information content (AvgIpc) is 2.78. The summed E-state index contributed by atoms with van der Waals surface area (Å²) in [6, 6.07) is 9.63. The van der Waals surface area contributed by atoms with Crippen molar-refractivity contribution in [1.29, 1.82) is 0 Å². The van der Waals surface area contributed by atoms with Gasteiger partial charge in [0.15, 0.2) is 0 Å². The monoisotopic (exact) mass is 350 g/mol. The molecule has 2 unspecified atom stereocenters. The predicted octanol–water partition coefficient (Wildman–Crippen LogP) is 2.86. The number of carbonyl (C=O) groups is 2. The highest BCUT2D eigenvalue weighted by Crippen LogP contribution is 2.16. The van der Waals surface area contributed by atoms with E-state index in [0.717, 1.165) is 30.2 Å². The van der Waals surface area contributed by atoms with Crippen molar-refractivity contribution in [3.05, 3.63) is 35.9 Å². The van der Waals surface area contributed by atoms with Gasteiger partial charge >= 0.3 is 12.0 Å². The van der Waals surface area contributed by atoms with Crippen molar-refractivity contribution in [3.63, 3.8) is 0 Å². The molecule has 1 saturated heterocycles. The van der Waals surface area contributed by atoms with E-state index in [2.05, 4.69) is 12.2 Å². The quantitative estimate of drug-likeness (QED) is 0.828. The van der Waals surface area contributed by atoms with E-state index in [-0.39, 0.29) is 18.5 Å². The van der Waals surface area contributed by atoms with Gasteiger partial charge in [0.2, 0.25) is 0 Å². The van der Waals surface area contributed by atoms with Crippen molar-refractivity contribution in [2.24, 2.45) is 5.92 Å². The highest BCUT2D eigenvalue weighted by Gasteiger charge is 2.22. The number of aliphatic carboxylic acids is 1. The van der Waals surface area contributed by atoms with Crippen LogP contribution in [-0.4, -0.2) is 52.6 Å². The Kier molecular flexibility index (Phi) is 7.43. The Bertz CT molecular complexity index is 538. The lowest BCUT2D eigenvalue weighted by Gasteiger charge is -2.26. The smallest absolute Gasteiger partial charge is 0.317 e. The minimum atomic E-state index is -0.831. The number of urea groups is 1. The van der Waals surface area contributed by atoms with Gasteiger partial charge < -0.3 is 15.3 Å². The second kappa shape index (κ2) is 9.57. The summed E-state index contributed by atoms with van der Waals surface area (Å²) in [7, 11) is 0. The summed E-state index contributed by atoms with van der Waals surface area (Å²) in [5, 5.41) is 12.0. The van der Waals surface area contributed by atoms with Gasteiger partial charge in [-0.25, -0.2) is 4.79 Å². The Balaban J connectivity index is 1.97. The number of hydrogen-bond donors (Lipinski definition) is 2. The molecule has 2 N–H and O–H groups in total. The largest absolute Gasteiger partial charge is 0.481 e. The van der Waals surface area contributed by atoms with Gasteiger partial charge in [-0.2, -0.15) is 11.8 Å². The molecular formula is C18H26N2O3S. The zero-order valence-corrected chi connectivity index (χ0v) is 14.9. The first-order valence-corrected chi connectivity index (χ1v) is 9.59. The van der Waals surface area contributed by atoms with Crippen molar-refractivity contribution in [1.82, 2.24) is 10.2 Å². The summed E-state index contributed by atoms with van der Waals surface area (Å²) in [5.74, 6) is 1.68. The van der Waals surface area contributed by atoms with Crippen LogP contribution in [0, 0.1) is 5.92 Å². The molecule has 24 heavy (non-hydrogen) atoms. The van der Waals surface area contributed by atoms with Crippen LogP contribution in [0.25, 0.3) is 0 Å². The predicted molar refractivity (Wildman–Crippen MR) is 97.4 cm³/mol. The molecule has 2 atom stereocenters. The number of carboxylic acids is 1. The van der Waals surface area contributed by atoms with E-state index in [4.69, 9.17) is 5.11 Å². The van der Waals surface area contributed by atoms with Crippen LogP contribution in [0.4, 0.5) is 4.79 Å². The summed E-state index contributed by atoms with van der Waals surface area (Å²) in [6.07, 6.45) is 1.15. The van der Waals surface area contributed by atoms with Crippen LogP contribution in [0.1, 0.15) is 25.3 Å². The number of benzene rings is 1. The second-order valence-electron chi connectivity index (χ2n) is 6.39. The Morgan fingerprint density at radius 3 is 2.83 bits per heavy atom. The van der Waals surface area contributed by atoms with Crippen LogP contribution >= 0.6 is 11.8 Å². The molecule has 2 amide bonds. The van der Waals surface area contributed by atoms with Gasteiger partial charge in [0.1, 0.15) is 0 Å². The molecule has 6 heteroatoms. The Hall–Kier alpha value is -1.69. The fraction of sp³-hybridized carbons (Fsp3) is 0.556. The third kappa shape index (κ3) is 6.43.